The minimum Gasteiger partial charge on any atom is -0.496 e. The molecule has 7 heteroatoms. The van der Waals surface area contributed by atoms with Gasteiger partial charge in [0.05, 0.1) is 18.1 Å². The molecule has 0 saturated heterocycles. The van der Waals surface area contributed by atoms with Crippen LogP contribution in [0.3, 0.4) is 0 Å². The van der Waals surface area contributed by atoms with Crippen molar-refractivity contribution >= 4 is 27.9 Å². The van der Waals surface area contributed by atoms with Crippen molar-refractivity contribution in [3.63, 3.8) is 0 Å². The molecule has 1 atom stereocenters. The molecule has 1 saturated carbocycles. The molecule has 1 fully saturated rings. The summed E-state index contributed by atoms with van der Waals surface area (Å²) >= 11 is 3.45. The number of hydrogen-bond acceptors (Lipinski definition) is 4. The first kappa shape index (κ1) is 19.7. The number of rotatable bonds is 6. The molecule has 2 rings (SSSR count). The number of benzene rings is 1. The predicted molar refractivity (Wildman–Crippen MR) is 101 cm³/mol. The van der Waals surface area contributed by atoms with E-state index >= 15 is 0 Å². The van der Waals surface area contributed by atoms with E-state index in [0.29, 0.717) is 0 Å². The summed E-state index contributed by atoms with van der Waals surface area (Å²) in [7, 11) is 1.62. The lowest BCUT2D eigenvalue weighted by Crippen LogP contribution is -2.47. The normalized spacial score (nSPS) is 16.1. The molecule has 1 aromatic carbocycles. The Morgan fingerprint density at radius 1 is 1.28 bits per heavy atom. The fraction of sp³-hybridized carbons (Fsp3) is 0.556. The van der Waals surface area contributed by atoms with E-state index in [1.54, 1.807) is 7.11 Å². The zero-order valence-corrected chi connectivity index (χ0v) is 16.3. The number of imide groups is 1. The van der Waals surface area contributed by atoms with E-state index in [-0.39, 0.29) is 24.5 Å². The third kappa shape index (κ3) is 6.32. The van der Waals surface area contributed by atoms with E-state index in [4.69, 9.17) is 4.74 Å². The van der Waals surface area contributed by atoms with Crippen LogP contribution < -0.4 is 20.7 Å². The van der Waals surface area contributed by atoms with Gasteiger partial charge in [0.25, 0.3) is 0 Å². The van der Waals surface area contributed by atoms with Crippen LogP contribution in [0.4, 0.5) is 4.79 Å². The minimum atomic E-state index is -0.404. The Hall–Kier alpha value is -1.60. The molecule has 0 spiro atoms. The van der Waals surface area contributed by atoms with Gasteiger partial charge in [-0.05, 0) is 53.4 Å². The maximum atomic E-state index is 11.9. The summed E-state index contributed by atoms with van der Waals surface area (Å²) in [6.07, 6.45) is 5.47. The Kier molecular flexibility index (Phi) is 7.71. The molecule has 0 aromatic heterocycles. The van der Waals surface area contributed by atoms with Crippen molar-refractivity contribution in [3.05, 3.63) is 28.2 Å². The van der Waals surface area contributed by atoms with Crippen molar-refractivity contribution in [3.8, 4) is 5.75 Å². The van der Waals surface area contributed by atoms with Crippen LogP contribution in [0.1, 0.15) is 50.6 Å². The number of amides is 3. The second-order valence-corrected chi connectivity index (χ2v) is 7.21. The number of methoxy groups -OCH3 is 1. The van der Waals surface area contributed by atoms with E-state index in [1.807, 2.05) is 25.1 Å². The van der Waals surface area contributed by atoms with Gasteiger partial charge >= 0.3 is 6.03 Å². The van der Waals surface area contributed by atoms with Crippen LogP contribution in [0, 0.1) is 0 Å². The maximum absolute atomic E-state index is 11.9. The molecule has 0 heterocycles. The van der Waals surface area contributed by atoms with Gasteiger partial charge in [0.15, 0.2) is 0 Å². The maximum Gasteiger partial charge on any atom is 0.321 e. The summed E-state index contributed by atoms with van der Waals surface area (Å²) < 4.78 is 6.07. The zero-order valence-electron chi connectivity index (χ0n) is 14.7. The highest BCUT2D eigenvalue weighted by atomic mass is 79.9. The molecule has 1 aromatic rings. The number of ether oxygens (including phenoxy) is 1. The average Bonchev–Trinajstić information content (AvgIpc) is 2.60. The topological polar surface area (TPSA) is 79.5 Å². The number of hydrogen-bond donors (Lipinski definition) is 3. The van der Waals surface area contributed by atoms with E-state index in [2.05, 4.69) is 31.9 Å². The van der Waals surface area contributed by atoms with Crippen molar-refractivity contribution < 1.29 is 14.3 Å². The molecular weight excluding hydrogens is 386 g/mol. The largest absolute Gasteiger partial charge is 0.496 e. The van der Waals surface area contributed by atoms with Crippen LogP contribution in [-0.4, -0.2) is 31.6 Å². The van der Waals surface area contributed by atoms with Crippen LogP contribution in [0.5, 0.6) is 5.75 Å². The molecule has 0 bridgehead atoms. The molecule has 25 heavy (non-hydrogen) atoms. The van der Waals surface area contributed by atoms with Crippen LogP contribution in [0.25, 0.3) is 0 Å². The van der Waals surface area contributed by atoms with Crippen LogP contribution >= 0.6 is 15.9 Å². The van der Waals surface area contributed by atoms with Crippen molar-refractivity contribution in [1.29, 1.82) is 0 Å². The summed E-state index contributed by atoms with van der Waals surface area (Å²) in [5.41, 5.74) is 1.02. The fourth-order valence-electron chi connectivity index (χ4n) is 2.95. The second kappa shape index (κ2) is 9.77. The van der Waals surface area contributed by atoms with Crippen molar-refractivity contribution in [2.24, 2.45) is 0 Å². The number of carbonyl (C=O) groups is 2. The summed E-state index contributed by atoms with van der Waals surface area (Å²) in [6, 6.07) is 5.51. The Bertz CT molecular complexity index is 603. The highest BCUT2D eigenvalue weighted by Gasteiger charge is 2.17. The van der Waals surface area contributed by atoms with Gasteiger partial charge in [-0.2, -0.15) is 0 Å². The standard InChI is InChI=1S/C18H26BrN3O3/c1-12(13-8-9-16(25-2)15(19)10-13)20-11-17(23)22-18(24)21-14-6-4-3-5-7-14/h8-10,12,14,20H,3-7,11H2,1-2H3,(H2,21,22,23,24)/t12-/m1/s1. The van der Waals surface area contributed by atoms with Crippen LogP contribution in [0.15, 0.2) is 22.7 Å². The van der Waals surface area contributed by atoms with Gasteiger partial charge in [-0.25, -0.2) is 4.79 Å². The lowest BCUT2D eigenvalue weighted by Gasteiger charge is -2.22. The molecule has 6 nitrogen and oxygen atoms in total. The monoisotopic (exact) mass is 411 g/mol. The van der Waals surface area contributed by atoms with E-state index in [0.717, 1.165) is 41.5 Å². The van der Waals surface area contributed by atoms with Gasteiger partial charge in [-0.15, -0.1) is 0 Å². The smallest absolute Gasteiger partial charge is 0.321 e. The molecule has 0 aliphatic heterocycles. The van der Waals surface area contributed by atoms with E-state index < -0.39 is 6.03 Å². The Morgan fingerprint density at radius 2 is 2.00 bits per heavy atom. The van der Waals surface area contributed by atoms with E-state index in [9.17, 15) is 9.59 Å². The van der Waals surface area contributed by atoms with E-state index in [1.165, 1.54) is 6.42 Å². The number of halogens is 1. The Labute approximate surface area is 157 Å². The number of nitrogens with one attached hydrogen (secondary N) is 3. The van der Waals surface area contributed by atoms with Crippen molar-refractivity contribution in [2.75, 3.05) is 13.7 Å². The first-order valence-corrected chi connectivity index (χ1v) is 9.46. The third-order valence-electron chi connectivity index (χ3n) is 4.44. The summed E-state index contributed by atoms with van der Waals surface area (Å²) in [4.78, 5) is 23.8. The molecule has 0 unspecified atom stereocenters. The Morgan fingerprint density at radius 3 is 2.64 bits per heavy atom. The SMILES string of the molecule is COc1ccc([C@@H](C)NCC(=O)NC(=O)NC2CCCCC2)cc1Br. The third-order valence-corrected chi connectivity index (χ3v) is 5.06. The highest BCUT2D eigenvalue weighted by molar-refractivity contribution is 9.10. The highest BCUT2D eigenvalue weighted by Crippen LogP contribution is 2.27. The zero-order chi connectivity index (χ0) is 18.2. The molecular formula is C18H26BrN3O3. The molecule has 1 aliphatic rings. The molecule has 0 radical (unpaired) electrons. The van der Waals surface area contributed by atoms with Gasteiger partial charge < -0.3 is 15.4 Å². The first-order chi connectivity index (χ1) is 12.0. The van der Waals surface area contributed by atoms with Crippen molar-refractivity contribution in [2.45, 2.75) is 51.1 Å². The second-order valence-electron chi connectivity index (χ2n) is 6.35. The van der Waals surface area contributed by atoms with Gasteiger partial charge in [0.2, 0.25) is 5.91 Å². The molecule has 1 aliphatic carbocycles. The average molecular weight is 412 g/mol. The Balaban J connectivity index is 1.74. The van der Waals surface area contributed by atoms with Gasteiger partial charge in [0, 0.05) is 12.1 Å². The van der Waals surface area contributed by atoms with Gasteiger partial charge in [-0.3, -0.25) is 10.1 Å². The molecule has 3 amide bonds. The summed E-state index contributed by atoms with van der Waals surface area (Å²) in [5.74, 6) is 0.417. The summed E-state index contributed by atoms with van der Waals surface area (Å²) in [6.45, 7) is 2.03. The van der Waals surface area contributed by atoms with Gasteiger partial charge in [-0.1, -0.05) is 25.3 Å². The lowest BCUT2D eigenvalue weighted by atomic mass is 9.96. The number of carbonyl (C=O) groups excluding carboxylic acids is 2. The van der Waals surface area contributed by atoms with Crippen molar-refractivity contribution in [1.82, 2.24) is 16.0 Å². The molecule has 138 valence electrons. The quantitative estimate of drug-likeness (QED) is 0.670. The van der Waals surface area contributed by atoms with Crippen LogP contribution in [-0.2, 0) is 4.79 Å². The fourth-order valence-corrected chi connectivity index (χ4v) is 3.51. The first-order valence-electron chi connectivity index (χ1n) is 8.66. The summed E-state index contributed by atoms with van der Waals surface area (Å²) in [5, 5.41) is 8.37. The lowest BCUT2D eigenvalue weighted by molar-refractivity contribution is -0.119. The molecule has 3 N–H and O–H groups in total. The minimum absolute atomic E-state index is 0.0330. The number of urea groups is 1. The van der Waals surface area contributed by atoms with Gasteiger partial charge in [0.1, 0.15) is 5.75 Å². The van der Waals surface area contributed by atoms with Crippen LogP contribution in [0.2, 0.25) is 0 Å². The predicted octanol–water partition coefficient (Wildman–Crippen LogP) is 3.27.